The topological polar surface area (TPSA) is 99.3 Å². The fourth-order valence-corrected chi connectivity index (χ4v) is 2.80. The molecule has 2 N–H and O–H groups in total. The van der Waals surface area contributed by atoms with Crippen LogP contribution in [0.4, 0.5) is 11.4 Å². The molecule has 0 heterocycles. The van der Waals surface area contributed by atoms with Gasteiger partial charge in [-0.15, -0.1) is 5.11 Å². The summed E-state index contributed by atoms with van der Waals surface area (Å²) in [7, 11) is -4.31. The van der Waals surface area contributed by atoms with Gasteiger partial charge < -0.3 is 5.11 Å². The van der Waals surface area contributed by atoms with Crippen molar-refractivity contribution in [1.82, 2.24) is 0 Å². The van der Waals surface area contributed by atoms with E-state index in [1.54, 1.807) is 24.3 Å². The molecule has 1 radical (unpaired) electrons. The van der Waals surface area contributed by atoms with E-state index in [-0.39, 0.29) is 45.9 Å². The Balaban J connectivity index is 0.00000225. The van der Waals surface area contributed by atoms with Crippen LogP contribution in [0.2, 0.25) is 5.02 Å². The van der Waals surface area contributed by atoms with Crippen molar-refractivity contribution in [2.75, 3.05) is 0 Å². The van der Waals surface area contributed by atoms with Crippen LogP contribution in [0.25, 0.3) is 10.8 Å². The molecule has 0 fully saturated rings. The summed E-state index contributed by atoms with van der Waals surface area (Å²) < 4.78 is 31.6. The van der Waals surface area contributed by atoms with E-state index in [1.165, 1.54) is 30.3 Å². The van der Waals surface area contributed by atoms with Gasteiger partial charge in [0.15, 0.2) is 0 Å². The first kappa shape index (κ1) is 19.8. The number of azo groups is 1. The molecular formula is C16H11ClN2NaO4S. The molecular weight excluding hydrogens is 375 g/mol. The molecule has 25 heavy (non-hydrogen) atoms. The molecule has 0 saturated heterocycles. The Bertz CT molecular complexity index is 1050. The summed E-state index contributed by atoms with van der Waals surface area (Å²) in [4.78, 5) is -0.235. The number of nitrogens with zero attached hydrogens (tertiary/aromatic N) is 2. The van der Waals surface area contributed by atoms with Crippen LogP contribution >= 0.6 is 11.6 Å². The monoisotopic (exact) mass is 385 g/mol. The van der Waals surface area contributed by atoms with Crippen molar-refractivity contribution < 1.29 is 18.1 Å². The molecule has 0 aromatic heterocycles. The Morgan fingerprint density at radius 3 is 2.24 bits per heavy atom. The SMILES string of the molecule is O=S(=O)(O)c1ccc2c(N=Nc3ccc(Cl)cc3)c(O)ccc2c1.[Na]. The average Bonchev–Trinajstić information content (AvgIpc) is 2.54. The van der Waals surface area contributed by atoms with Crippen molar-refractivity contribution >= 4 is 73.4 Å². The Kier molecular flexibility index (Phi) is 6.21. The quantitative estimate of drug-likeness (QED) is 0.394. The molecule has 0 bridgehead atoms. The molecule has 9 heteroatoms. The predicted octanol–water partition coefficient (Wildman–Crippen LogP) is 4.48. The van der Waals surface area contributed by atoms with Crippen molar-refractivity contribution in [1.29, 1.82) is 0 Å². The Hall–Kier alpha value is -1.48. The third kappa shape index (κ3) is 4.58. The minimum Gasteiger partial charge on any atom is -0.506 e. The second-order valence-electron chi connectivity index (χ2n) is 4.97. The molecule has 3 aromatic carbocycles. The van der Waals surface area contributed by atoms with E-state index in [2.05, 4.69) is 10.2 Å². The van der Waals surface area contributed by atoms with Crippen LogP contribution < -0.4 is 0 Å². The average molecular weight is 386 g/mol. The molecule has 0 aliphatic heterocycles. The van der Waals surface area contributed by atoms with E-state index < -0.39 is 10.1 Å². The van der Waals surface area contributed by atoms with Crippen molar-refractivity contribution in [2.24, 2.45) is 10.2 Å². The number of phenols is 1. The number of rotatable bonds is 3. The summed E-state index contributed by atoms with van der Waals surface area (Å²) >= 11 is 5.80. The van der Waals surface area contributed by atoms with Gasteiger partial charge in [0, 0.05) is 40.0 Å². The molecule has 0 atom stereocenters. The van der Waals surface area contributed by atoms with Crippen LogP contribution in [0, 0.1) is 0 Å². The molecule has 0 spiro atoms. The van der Waals surface area contributed by atoms with Crippen LogP contribution in [0.5, 0.6) is 5.75 Å². The third-order valence-corrected chi connectivity index (χ3v) is 4.43. The van der Waals surface area contributed by atoms with Gasteiger partial charge in [-0.2, -0.15) is 13.5 Å². The second kappa shape index (κ2) is 7.82. The Morgan fingerprint density at radius 2 is 1.60 bits per heavy atom. The van der Waals surface area contributed by atoms with Crippen molar-refractivity contribution in [2.45, 2.75) is 4.90 Å². The summed E-state index contributed by atoms with van der Waals surface area (Å²) in [6, 6.07) is 13.6. The molecule has 0 unspecified atom stereocenters. The normalized spacial score (nSPS) is 11.6. The van der Waals surface area contributed by atoms with Gasteiger partial charge in [0.25, 0.3) is 10.1 Å². The predicted molar refractivity (Wildman–Crippen MR) is 96.8 cm³/mol. The number of hydrogen-bond acceptors (Lipinski definition) is 5. The zero-order valence-corrected chi connectivity index (χ0v) is 16.7. The zero-order chi connectivity index (χ0) is 17.3. The zero-order valence-electron chi connectivity index (χ0n) is 13.1. The number of fused-ring (bicyclic) bond motifs is 1. The van der Waals surface area contributed by atoms with Gasteiger partial charge in [-0.25, -0.2) is 0 Å². The molecule has 6 nitrogen and oxygen atoms in total. The number of hydrogen-bond donors (Lipinski definition) is 2. The van der Waals surface area contributed by atoms with E-state index in [9.17, 15) is 13.5 Å². The summed E-state index contributed by atoms with van der Waals surface area (Å²) in [6.07, 6.45) is 0. The first-order valence-corrected chi connectivity index (χ1v) is 8.57. The van der Waals surface area contributed by atoms with Crippen LogP contribution in [0.15, 0.2) is 69.7 Å². The van der Waals surface area contributed by atoms with Gasteiger partial charge in [0.05, 0.1) is 10.6 Å². The summed E-state index contributed by atoms with van der Waals surface area (Å²) in [5, 5.41) is 19.7. The first-order chi connectivity index (χ1) is 11.3. The summed E-state index contributed by atoms with van der Waals surface area (Å²) in [5.74, 6) is -0.0974. The molecule has 3 rings (SSSR count). The second-order valence-corrected chi connectivity index (χ2v) is 6.83. The van der Waals surface area contributed by atoms with Crippen LogP contribution in [-0.4, -0.2) is 47.6 Å². The molecule has 123 valence electrons. The summed E-state index contributed by atoms with van der Waals surface area (Å²) in [6.45, 7) is 0. The molecule has 3 aromatic rings. The maximum Gasteiger partial charge on any atom is 0.294 e. The maximum absolute atomic E-state index is 11.2. The largest absolute Gasteiger partial charge is 0.506 e. The smallest absolute Gasteiger partial charge is 0.294 e. The molecule has 0 aliphatic rings. The first-order valence-electron chi connectivity index (χ1n) is 6.75. The van der Waals surface area contributed by atoms with Crippen LogP contribution in [0.1, 0.15) is 0 Å². The minimum atomic E-state index is -4.31. The van der Waals surface area contributed by atoms with Gasteiger partial charge in [-0.05, 0) is 47.9 Å². The van der Waals surface area contributed by atoms with E-state index in [0.717, 1.165) is 0 Å². The van der Waals surface area contributed by atoms with Crippen molar-refractivity contribution in [3.05, 3.63) is 59.6 Å². The fraction of sp³-hybridized carbons (Fsp3) is 0. The number of halogens is 1. The van der Waals surface area contributed by atoms with Crippen molar-refractivity contribution in [3.8, 4) is 5.75 Å². The summed E-state index contributed by atoms with van der Waals surface area (Å²) in [5.41, 5.74) is 0.745. The molecule has 0 amide bonds. The standard InChI is InChI=1S/C16H11ClN2O4S.Na/c17-11-2-4-12(5-3-11)18-19-16-14-7-6-13(24(21,22)23)9-10(14)1-8-15(16)20;/h1-9,20H,(H,21,22,23);. The van der Waals surface area contributed by atoms with Gasteiger partial charge >= 0.3 is 0 Å². The Labute approximate surface area is 171 Å². The molecule has 0 aliphatic carbocycles. The van der Waals surface area contributed by atoms with E-state index in [0.29, 0.717) is 21.5 Å². The van der Waals surface area contributed by atoms with Gasteiger partial charge in [-0.3, -0.25) is 4.55 Å². The van der Waals surface area contributed by atoms with Gasteiger partial charge in [0.2, 0.25) is 0 Å². The van der Waals surface area contributed by atoms with Crippen LogP contribution in [-0.2, 0) is 10.1 Å². The minimum absolute atomic E-state index is 0. The van der Waals surface area contributed by atoms with E-state index >= 15 is 0 Å². The van der Waals surface area contributed by atoms with E-state index in [1.807, 2.05) is 0 Å². The van der Waals surface area contributed by atoms with Gasteiger partial charge in [0.1, 0.15) is 11.4 Å². The number of aromatic hydroxyl groups is 1. The third-order valence-electron chi connectivity index (χ3n) is 3.33. The number of benzene rings is 3. The fourth-order valence-electron chi connectivity index (χ4n) is 2.16. The Morgan fingerprint density at radius 1 is 0.920 bits per heavy atom. The van der Waals surface area contributed by atoms with E-state index in [4.69, 9.17) is 16.2 Å². The maximum atomic E-state index is 11.2. The number of phenolic OH excluding ortho intramolecular Hbond substituents is 1. The molecule has 0 saturated carbocycles. The van der Waals surface area contributed by atoms with Gasteiger partial charge in [-0.1, -0.05) is 23.7 Å². The van der Waals surface area contributed by atoms with Crippen molar-refractivity contribution in [3.63, 3.8) is 0 Å². The van der Waals surface area contributed by atoms with Crippen LogP contribution in [0.3, 0.4) is 0 Å².